The topological polar surface area (TPSA) is 27.0 Å². The van der Waals surface area contributed by atoms with Crippen LogP contribution in [0.2, 0.25) is 0 Å². The van der Waals surface area contributed by atoms with Crippen LogP contribution in [0.1, 0.15) is 44.6 Å². The molecular formula is C18H24N2. The van der Waals surface area contributed by atoms with Gasteiger partial charge in [0.2, 0.25) is 0 Å². The highest BCUT2D eigenvalue weighted by Gasteiger charge is 2.36. The van der Waals surface area contributed by atoms with Crippen LogP contribution in [0.25, 0.3) is 0 Å². The Hall–Kier alpha value is -1.49. The molecule has 1 heterocycles. The van der Waals surface area contributed by atoms with Gasteiger partial charge in [0.05, 0.1) is 12.0 Å². The van der Waals surface area contributed by atoms with Crippen molar-refractivity contribution in [3.8, 4) is 6.07 Å². The number of nitriles is 1. The van der Waals surface area contributed by atoms with E-state index >= 15 is 0 Å². The first-order valence-corrected chi connectivity index (χ1v) is 8.07. The van der Waals surface area contributed by atoms with Gasteiger partial charge in [-0.3, -0.25) is 0 Å². The van der Waals surface area contributed by atoms with E-state index in [4.69, 9.17) is 0 Å². The molecule has 1 saturated carbocycles. The predicted molar refractivity (Wildman–Crippen MR) is 82.6 cm³/mol. The van der Waals surface area contributed by atoms with Gasteiger partial charge < -0.3 is 4.90 Å². The summed E-state index contributed by atoms with van der Waals surface area (Å²) >= 11 is 0. The molecule has 1 aromatic carbocycles. The van der Waals surface area contributed by atoms with Crippen molar-refractivity contribution in [1.29, 1.82) is 5.26 Å². The summed E-state index contributed by atoms with van der Waals surface area (Å²) in [4.78, 5) is 2.53. The fourth-order valence-corrected chi connectivity index (χ4v) is 4.11. The Labute approximate surface area is 122 Å². The molecule has 1 aliphatic carbocycles. The van der Waals surface area contributed by atoms with Crippen LogP contribution in [-0.4, -0.2) is 12.6 Å². The average molecular weight is 268 g/mol. The van der Waals surface area contributed by atoms with E-state index in [0.29, 0.717) is 6.04 Å². The van der Waals surface area contributed by atoms with Crippen LogP contribution in [0.15, 0.2) is 24.3 Å². The molecule has 0 amide bonds. The van der Waals surface area contributed by atoms with Crippen LogP contribution >= 0.6 is 0 Å². The molecule has 0 bridgehead atoms. The summed E-state index contributed by atoms with van der Waals surface area (Å²) in [5.41, 5.74) is 2.84. The van der Waals surface area contributed by atoms with E-state index in [9.17, 15) is 5.26 Å². The quantitative estimate of drug-likeness (QED) is 0.823. The lowest BCUT2D eigenvalue weighted by molar-refractivity contribution is 0.255. The van der Waals surface area contributed by atoms with E-state index in [2.05, 4.69) is 42.2 Å². The van der Waals surface area contributed by atoms with Crippen molar-refractivity contribution in [3.05, 3.63) is 29.8 Å². The van der Waals surface area contributed by atoms with Crippen LogP contribution in [0.5, 0.6) is 0 Å². The van der Waals surface area contributed by atoms with E-state index in [-0.39, 0.29) is 5.92 Å². The molecule has 0 spiro atoms. The van der Waals surface area contributed by atoms with Crippen LogP contribution < -0.4 is 4.90 Å². The molecule has 1 fully saturated rings. The molecule has 3 atom stereocenters. The van der Waals surface area contributed by atoms with Crippen molar-refractivity contribution in [3.63, 3.8) is 0 Å². The van der Waals surface area contributed by atoms with Crippen molar-refractivity contribution >= 4 is 5.69 Å². The van der Waals surface area contributed by atoms with Crippen molar-refractivity contribution < 1.29 is 0 Å². The van der Waals surface area contributed by atoms with Gasteiger partial charge in [-0.1, -0.05) is 38.0 Å². The predicted octanol–water partition coefficient (Wildman–Crippen LogP) is 4.16. The highest BCUT2D eigenvalue weighted by molar-refractivity contribution is 5.59. The summed E-state index contributed by atoms with van der Waals surface area (Å²) in [6.45, 7) is 3.37. The molecule has 0 aromatic heterocycles. The first-order chi connectivity index (χ1) is 9.83. The first kappa shape index (κ1) is 13.5. The van der Waals surface area contributed by atoms with Gasteiger partial charge in [-0.15, -0.1) is 0 Å². The zero-order valence-corrected chi connectivity index (χ0v) is 12.4. The summed E-state index contributed by atoms with van der Waals surface area (Å²) in [6.07, 6.45) is 7.28. The van der Waals surface area contributed by atoms with Gasteiger partial charge >= 0.3 is 0 Å². The third-order valence-electron chi connectivity index (χ3n) is 5.11. The lowest BCUT2D eigenvalue weighted by Crippen LogP contribution is -2.43. The van der Waals surface area contributed by atoms with Crippen molar-refractivity contribution in [1.82, 2.24) is 0 Å². The molecule has 106 valence electrons. The molecule has 1 aliphatic heterocycles. The molecule has 20 heavy (non-hydrogen) atoms. The molecule has 3 unspecified atom stereocenters. The second-order valence-corrected chi connectivity index (χ2v) is 6.34. The maximum Gasteiger partial charge on any atom is 0.0677 e. The average Bonchev–Trinajstić information content (AvgIpc) is 2.91. The number of hydrogen-bond donors (Lipinski definition) is 0. The van der Waals surface area contributed by atoms with Crippen molar-refractivity contribution in [2.24, 2.45) is 11.8 Å². The van der Waals surface area contributed by atoms with E-state index in [0.717, 1.165) is 25.3 Å². The Morgan fingerprint density at radius 3 is 2.95 bits per heavy atom. The Morgan fingerprint density at radius 2 is 2.15 bits per heavy atom. The van der Waals surface area contributed by atoms with Crippen LogP contribution in [0.3, 0.4) is 0 Å². The second kappa shape index (κ2) is 5.87. The fraction of sp³-hybridized carbons (Fsp3) is 0.611. The molecule has 2 nitrogen and oxygen atoms in total. The van der Waals surface area contributed by atoms with Crippen molar-refractivity contribution in [2.75, 3.05) is 11.4 Å². The molecule has 2 heteroatoms. The van der Waals surface area contributed by atoms with E-state index in [1.54, 1.807) is 0 Å². The maximum absolute atomic E-state index is 9.51. The van der Waals surface area contributed by atoms with E-state index in [1.807, 2.05) is 0 Å². The van der Waals surface area contributed by atoms with Crippen LogP contribution in [0.4, 0.5) is 5.69 Å². The standard InChI is InChI=1S/C18H24N2/c1-2-5-14-8-9-16(13-19)18(12-14)20-11-10-15-6-3-4-7-17(15)20/h3-4,6-7,14,16,18H,2,5,8-12H2,1H3. The van der Waals surface area contributed by atoms with Crippen LogP contribution in [-0.2, 0) is 6.42 Å². The molecule has 0 N–H and O–H groups in total. The van der Waals surface area contributed by atoms with Gasteiger partial charge in [0.25, 0.3) is 0 Å². The lowest BCUT2D eigenvalue weighted by atomic mass is 9.76. The smallest absolute Gasteiger partial charge is 0.0677 e. The van der Waals surface area contributed by atoms with Gasteiger partial charge in [-0.05, 0) is 43.2 Å². The highest BCUT2D eigenvalue weighted by Crippen LogP contribution is 2.39. The lowest BCUT2D eigenvalue weighted by Gasteiger charge is -2.40. The number of benzene rings is 1. The highest BCUT2D eigenvalue weighted by atomic mass is 15.2. The SMILES string of the molecule is CCCC1CCC(C#N)C(N2CCc3ccccc32)C1. The Morgan fingerprint density at radius 1 is 1.30 bits per heavy atom. The first-order valence-electron chi connectivity index (χ1n) is 8.07. The van der Waals surface area contributed by atoms with Gasteiger partial charge in [-0.25, -0.2) is 0 Å². The fourth-order valence-electron chi connectivity index (χ4n) is 4.11. The number of hydrogen-bond acceptors (Lipinski definition) is 2. The molecular weight excluding hydrogens is 244 g/mol. The summed E-state index contributed by atoms with van der Waals surface area (Å²) in [6, 6.07) is 11.8. The minimum Gasteiger partial charge on any atom is -0.367 e. The largest absolute Gasteiger partial charge is 0.367 e. The molecule has 1 aromatic rings. The third-order valence-corrected chi connectivity index (χ3v) is 5.11. The monoisotopic (exact) mass is 268 g/mol. The maximum atomic E-state index is 9.51. The molecule has 3 rings (SSSR count). The Kier molecular flexibility index (Phi) is 3.96. The van der Waals surface area contributed by atoms with E-state index in [1.165, 1.54) is 36.9 Å². The Bertz CT molecular complexity index is 502. The summed E-state index contributed by atoms with van der Waals surface area (Å²) < 4.78 is 0. The normalized spacial score (nSPS) is 29.0. The van der Waals surface area contributed by atoms with Crippen molar-refractivity contribution in [2.45, 2.75) is 51.5 Å². The summed E-state index contributed by atoms with van der Waals surface area (Å²) in [5.74, 6) is 1.04. The van der Waals surface area contributed by atoms with Crippen LogP contribution in [0, 0.1) is 23.2 Å². The molecule has 0 saturated heterocycles. The third kappa shape index (κ3) is 2.42. The van der Waals surface area contributed by atoms with Gasteiger partial charge in [0.1, 0.15) is 0 Å². The number of para-hydroxylation sites is 1. The number of rotatable bonds is 3. The molecule has 0 radical (unpaired) electrons. The summed E-state index contributed by atoms with van der Waals surface area (Å²) in [5, 5.41) is 9.51. The zero-order chi connectivity index (χ0) is 13.9. The van der Waals surface area contributed by atoms with Gasteiger partial charge in [0.15, 0.2) is 0 Å². The Balaban J connectivity index is 1.82. The van der Waals surface area contributed by atoms with Gasteiger partial charge in [-0.2, -0.15) is 5.26 Å². The zero-order valence-electron chi connectivity index (χ0n) is 12.4. The number of fused-ring (bicyclic) bond motifs is 1. The minimum absolute atomic E-state index is 0.217. The number of anilines is 1. The number of nitrogens with zero attached hydrogens (tertiary/aromatic N) is 2. The molecule has 2 aliphatic rings. The van der Waals surface area contributed by atoms with E-state index < -0.39 is 0 Å². The summed E-state index contributed by atoms with van der Waals surface area (Å²) in [7, 11) is 0. The van der Waals surface area contributed by atoms with Gasteiger partial charge in [0, 0.05) is 18.3 Å². The second-order valence-electron chi connectivity index (χ2n) is 6.34. The minimum atomic E-state index is 0.217.